The van der Waals surface area contributed by atoms with Gasteiger partial charge in [0.15, 0.2) is 0 Å². The smallest absolute Gasteiger partial charge is 0.330 e. The average Bonchev–Trinajstić information content (AvgIpc) is 1.88. The second-order valence-corrected chi connectivity index (χ2v) is 4.28. The molecule has 0 aromatic heterocycles. The molecule has 0 saturated heterocycles. The van der Waals surface area contributed by atoms with Crippen LogP contribution in [0.3, 0.4) is 0 Å². The molecule has 0 fully saturated rings. The van der Waals surface area contributed by atoms with Crippen molar-refractivity contribution < 1.29 is 9.90 Å². The molecule has 0 atom stereocenters. The lowest BCUT2D eigenvalue weighted by molar-refractivity contribution is -0.132. The van der Waals surface area contributed by atoms with Crippen LogP contribution in [0.2, 0.25) is 12.1 Å². The fourth-order valence-electron chi connectivity index (χ4n) is 0.695. The first-order valence-corrected chi connectivity index (χ1v) is 5.59. The molecule has 0 aliphatic carbocycles. The molecule has 1 N–H and O–H groups in total. The summed E-state index contributed by atoms with van der Waals surface area (Å²) in [6.45, 7) is 5.58. The Morgan fingerprint density at radius 1 is 1.70 bits per heavy atom. The van der Waals surface area contributed by atoms with Gasteiger partial charge < -0.3 is 5.11 Å². The zero-order chi connectivity index (χ0) is 7.98. The van der Waals surface area contributed by atoms with Gasteiger partial charge in [-0.05, 0) is 6.04 Å². The Balaban J connectivity index is 3.31. The molecule has 0 aromatic rings. The Morgan fingerprint density at radius 3 is 2.70 bits per heavy atom. The Hall–Kier alpha value is -0.573. The minimum absolute atomic E-state index is 0.159. The quantitative estimate of drug-likeness (QED) is 0.369. The van der Waals surface area contributed by atoms with Crippen LogP contribution in [0.4, 0.5) is 0 Å². The van der Waals surface area contributed by atoms with Gasteiger partial charge in [0, 0.05) is 15.1 Å². The van der Waals surface area contributed by atoms with Crippen molar-refractivity contribution in [3.8, 4) is 0 Å². The summed E-state index contributed by atoms with van der Waals surface area (Å²) in [5, 5.41) is 8.40. The number of hydrogen-bond donors (Lipinski definition) is 1. The van der Waals surface area contributed by atoms with E-state index in [-0.39, 0.29) is 9.52 Å². The second kappa shape index (κ2) is 5.23. The molecule has 0 rings (SSSR count). The summed E-state index contributed by atoms with van der Waals surface area (Å²) in [5.41, 5.74) is 0.389. The number of rotatable bonds is 5. The molecule has 10 heavy (non-hydrogen) atoms. The van der Waals surface area contributed by atoms with E-state index < -0.39 is 5.97 Å². The molecule has 0 aliphatic heterocycles. The van der Waals surface area contributed by atoms with Crippen LogP contribution in [-0.4, -0.2) is 20.6 Å². The maximum absolute atomic E-state index is 10.2. The normalized spacial score (nSPS) is 10.5. The van der Waals surface area contributed by atoms with Crippen LogP contribution in [0.15, 0.2) is 12.2 Å². The van der Waals surface area contributed by atoms with E-state index in [1.807, 2.05) is 0 Å². The zero-order valence-electron chi connectivity index (χ0n) is 6.39. The van der Waals surface area contributed by atoms with Gasteiger partial charge in [-0.15, -0.1) is 0 Å². The SMILES string of the molecule is C=C(C[SiH2]CCC)C(=O)O. The monoisotopic (exact) mass is 158 g/mol. The summed E-state index contributed by atoms with van der Waals surface area (Å²) in [7, 11) is -0.159. The number of aliphatic carboxylic acids is 1. The topological polar surface area (TPSA) is 37.3 Å². The molecular weight excluding hydrogens is 144 g/mol. The van der Waals surface area contributed by atoms with E-state index in [4.69, 9.17) is 5.11 Å². The molecule has 0 bridgehead atoms. The first kappa shape index (κ1) is 9.43. The van der Waals surface area contributed by atoms with Gasteiger partial charge in [0.1, 0.15) is 0 Å². The molecule has 0 aliphatic rings. The molecule has 0 radical (unpaired) electrons. The van der Waals surface area contributed by atoms with Crippen molar-refractivity contribution in [2.45, 2.75) is 25.4 Å². The van der Waals surface area contributed by atoms with Crippen LogP contribution in [0, 0.1) is 0 Å². The first-order chi connectivity index (χ1) is 4.68. The van der Waals surface area contributed by atoms with E-state index in [0.29, 0.717) is 5.57 Å². The maximum Gasteiger partial charge on any atom is 0.330 e. The summed E-state index contributed by atoms with van der Waals surface area (Å²) < 4.78 is 0. The molecule has 3 heteroatoms. The Labute approximate surface area is 63.8 Å². The minimum Gasteiger partial charge on any atom is -0.478 e. The molecule has 2 nitrogen and oxygen atoms in total. The molecule has 0 heterocycles. The Morgan fingerprint density at radius 2 is 2.30 bits per heavy atom. The molecule has 0 aromatic carbocycles. The lowest BCUT2D eigenvalue weighted by Crippen LogP contribution is -2.01. The lowest BCUT2D eigenvalue weighted by atomic mass is 10.4. The third-order valence-corrected chi connectivity index (χ3v) is 3.55. The third-order valence-electron chi connectivity index (χ3n) is 1.38. The average molecular weight is 158 g/mol. The third kappa shape index (κ3) is 4.32. The fraction of sp³-hybridized carbons (Fsp3) is 0.571. The standard InChI is InChI=1S/C7H14O2Si/c1-3-4-10-5-6(2)7(8)9/h2-5,10H2,1H3,(H,8,9). The van der Waals surface area contributed by atoms with Crippen molar-refractivity contribution in [3.05, 3.63) is 12.2 Å². The van der Waals surface area contributed by atoms with Crippen LogP contribution in [0.25, 0.3) is 0 Å². The number of hydrogen-bond acceptors (Lipinski definition) is 1. The molecule has 0 unspecified atom stereocenters. The van der Waals surface area contributed by atoms with E-state index in [0.717, 1.165) is 6.04 Å². The minimum atomic E-state index is -0.830. The van der Waals surface area contributed by atoms with Crippen molar-refractivity contribution in [2.75, 3.05) is 0 Å². The zero-order valence-corrected chi connectivity index (χ0v) is 7.81. The summed E-state index contributed by atoms with van der Waals surface area (Å²) in [6.07, 6.45) is 1.18. The van der Waals surface area contributed by atoms with Crippen molar-refractivity contribution in [1.29, 1.82) is 0 Å². The van der Waals surface area contributed by atoms with E-state index in [2.05, 4.69) is 13.5 Å². The largest absolute Gasteiger partial charge is 0.478 e. The van der Waals surface area contributed by atoms with Crippen LogP contribution >= 0.6 is 0 Å². The molecule has 0 amide bonds. The molecule has 0 saturated carbocycles. The van der Waals surface area contributed by atoms with Crippen LogP contribution < -0.4 is 0 Å². The van der Waals surface area contributed by atoms with E-state index >= 15 is 0 Å². The van der Waals surface area contributed by atoms with Crippen molar-refractivity contribution in [1.82, 2.24) is 0 Å². The molecule has 58 valence electrons. The maximum atomic E-state index is 10.2. The lowest BCUT2D eigenvalue weighted by Gasteiger charge is -1.96. The highest BCUT2D eigenvalue weighted by atomic mass is 28.2. The Bertz CT molecular complexity index is 132. The predicted octanol–water partition coefficient (Wildman–Crippen LogP) is 1.04. The molecule has 0 spiro atoms. The van der Waals surface area contributed by atoms with Gasteiger partial charge in [-0.25, -0.2) is 4.79 Å². The first-order valence-electron chi connectivity index (χ1n) is 3.59. The van der Waals surface area contributed by atoms with E-state index in [1.165, 1.54) is 12.5 Å². The fourth-order valence-corrected chi connectivity index (χ4v) is 2.09. The van der Waals surface area contributed by atoms with Crippen LogP contribution in [-0.2, 0) is 4.79 Å². The number of carbonyl (C=O) groups is 1. The van der Waals surface area contributed by atoms with E-state index in [1.54, 1.807) is 0 Å². The summed E-state index contributed by atoms with van der Waals surface area (Å²) in [6, 6.07) is 2.00. The highest BCUT2D eigenvalue weighted by Crippen LogP contribution is 2.00. The van der Waals surface area contributed by atoms with Crippen LogP contribution in [0.5, 0.6) is 0 Å². The van der Waals surface area contributed by atoms with Gasteiger partial charge in [-0.3, -0.25) is 0 Å². The highest BCUT2D eigenvalue weighted by Gasteiger charge is 2.01. The highest BCUT2D eigenvalue weighted by molar-refractivity contribution is 6.37. The second-order valence-electron chi connectivity index (χ2n) is 2.37. The van der Waals surface area contributed by atoms with Crippen molar-refractivity contribution >= 4 is 15.5 Å². The van der Waals surface area contributed by atoms with Crippen molar-refractivity contribution in [3.63, 3.8) is 0 Å². The van der Waals surface area contributed by atoms with Gasteiger partial charge in [-0.2, -0.15) is 0 Å². The van der Waals surface area contributed by atoms with Gasteiger partial charge in [-0.1, -0.05) is 26.0 Å². The van der Waals surface area contributed by atoms with Gasteiger partial charge in [0.25, 0.3) is 0 Å². The summed E-state index contributed by atoms with van der Waals surface area (Å²) in [4.78, 5) is 10.2. The Kier molecular flexibility index (Phi) is 4.93. The number of carboxylic acids is 1. The summed E-state index contributed by atoms with van der Waals surface area (Å²) >= 11 is 0. The number of carboxylic acid groups (broad SMARTS) is 1. The van der Waals surface area contributed by atoms with Gasteiger partial charge >= 0.3 is 5.97 Å². The van der Waals surface area contributed by atoms with Crippen LogP contribution in [0.1, 0.15) is 13.3 Å². The van der Waals surface area contributed by atoms with Crippen molar-refractivity contribution in [2.24, 2.45) is 0 Å². The van der Waals surface area contributed by atoms with Gasteiger partial charge in [0.05, 0.1) is 0 Å². The van der Waals surface area contributed by atoms with E-state index in [9.17, 15) is 4.79 Å². The molecular formula is C7H14O2Si. The summed E-state index contributed by atoms with van der Waals surface area (Å²) in [5.74, 6) is -0.830. The van der Waals surface area contributed by atoms with Gasteiger partial charge in [0.2, 0.25) is 0 Å². The predicted molar refractivity (Wildman–Crippen MR) is 45.2 cm³/mol.